The van der Waals surface area contributed by atoms with Gasteiger partial charge in [0, 0.05) is 11.5 Å². The van der Waals surface area contributed by atoms with E-state index in [0.29, 0.717) is 0 Å². The second kappa shape index (κ2) is 4.38. The summed E-state index contributed by atoms with van der Waals surface area (Å²) in [6.07, 6.45) is 6.95. The Morgan fingerprint density at radius 1 is 1.20 bits per heavy atom. The molecular weight excluding hydrogens is 188 g/mol. The monoisotopic (exact) mass is 210 g/mol. The summed E-state index contributed by atoms with van der Waals surface area (Å²) in [6.45, 7) is 9.89. The Labute approximate surface area is 92.7 Å². The van der Waals surface area contributed by atoms with E-state index in [0.717, 1.165) is 19.3 Å². The average Bonchev–Trinajstić information content (AvgIpc) is 2.27. The smallest absolute Gasteiger partial charge is 0.330 e. The lowest BCUT2D eigenvalue weighted by Gasteiger charge is -2.42. The van der Waals surface area contributed by atoms with Gasteiger partial charge in [-0.05, 0) is 26.2 Å². The zero-order valence-corrected chi connectivity index (χ0v) is 10.1. The predicted octanol–water partition coefficient (Wildman–Crippen LogP) is 3.46. The van der Waals surface area contributed by atoms with Crippen LogP contribution in [-0.4, -0.2) is 11.6 Å². The van der Waals surface area contributed by atoms with Gasteiger partial charge in [0.25, 0.3) is 0 Å². The molecule has 0 N–H and O–H groups in total. The molecule has 15 heavy (non-hydrogen) atoms. The summed E-state index contributed by atoms with van der Waals surface area (Å²) in [6, 6.07) is 0. The van der Waals surface area contributed by atoms with E-state index in [1.165, 1.54) is 18.9 Å². The molecule has 0 aromatic carbocycles. The lowest BCUT2D eigenvalue weighted by molar-refractivity contribution is -0.166. The van der Waals surface area contributed by atoms with Crippen LogP contribution in [0.1, 0.15) is 52.9 Å². The van der Waals surface area contributed by atoms with Crippen LogP contribution >= 0.6 is 0 Å². The van der Waals surface area contributed by atoms with E-state index >= 15 is 0 Å². The van der Waals surface area contributed by atoms with Crippen molar-refractivity contribution in [2.24, 2.45) is 5.41 Å². The van der Waals surface area contributed by atoms with Gasteiger partial charge in [-0.1, -0.05) is 33.3 Å². The van der Waals surface area contributed by atoms with Gasteiger partial charge in [-0.2, -0.15) is 0 Å². The summed E-state index contributed by atoms with van der Waals surface area (Å²) in [7, 11) is 0. The first-order valence-corrected chi connectivity index (χ1v) is 5.77. The van der Waals surface area contributed by atoms with E-state index < -0.39 is 0 Å². The molecule has 86 valence electrons. The Bertz CT molecular complexity index is 255. The van der Waals surface area contributed by atoms with Gasteiger partial charge in [0.05, 0.1) is 0 Å². The third kappa shape index (κ3) is 2.61. The van der Waals surface area contributed by atoms with Crippen LogP contribution in [0.3, 0.4) is 0 Å². The summed E-state index contributed by atoms with van der Waals surface area (Å²) < 4.78 is 5.57. The van der Waals surface area contributed by atoms with Crippen molar-refractivity contribution < 1.29 is 9.53 Å². The molecule has 0 saturated heterocycles. The van der Waals surface area contributed by atoms with Crippen LogP contribution in [0.4, 0.5) is 0 Å². The van der Waals surface area contributed by atoms with Crippen LogP contribution in [0.15, 0.2) is 12.7 Å². The largest absolute Gasteiger partial charge is 0.456 e. The van der Waals surface area contributed by atoms with E-state index in [1.54, 1.807) is 0 Å². The molecule has 0 radical (unpaired) electrons. The summed E-state index contributed by atoms with van der Waals surface area (Å²) in [4.78, 5) is 11.3. The fourth-order valence-electron chi connectivity index (χ4n) is 2.26. The number of carbonyl (C=O) groups excluding carboxylic acids is 1. The van der Waals surface area contributed by atoms with Crippen LogP contribution in [0.5, 0.6) is 0 Å². The van der Waals surface area contributed by atoms with E-state index in [4.69, 9.17) is 4.74 Å². The predicted molar refractivity (Wildman–Crippen MR) is 61.6 cm³/mol. The first-order valence-electron chi connectivity index (χ1n) is 5.77. The normalized spacial score (nSPS) is 30.3. The second-order valence-corrected chi connectivity index (χ2v) is 5.30. The van der Waals surface area contributed by atoms with Crippen LogP contribution in [0.25, 0.3) is 0 Å². The fraction of sp³-hybridized carbons (Fsp3) is 0.769. The zero-order chi connectivity index (χ0) is 11.5. The van der Waals surface area contributed by atoms with Gasteiger partial charge in [-0.3, -0.25) is 0 Å². The van der Waals surface area contributed by atoms with Crippen LogP contribution in [0.2, 0.25) is 0 Å². The topological polar surface area (TPSA) is 26.3 Å². The summed E-state index contributed by atoms with van der Waals surface area (Å²) in [5, 5.41) is 0. The molecule has 1 unspecified atom stereocenters. The van der Waals surface area contributed by atoms with E-state index in [9.17, 15) is 4.79 Å². The molecule has 0 aliphatic heterocycles. The third-order valence-corrected chi connectivity index (χ3v) is 3.88. The minimum Gasteiger partial charge on any atom is -0.456 e. The molecule has 0 heterocycles. The van der Waals surface area contributed by atoms with Gasteiger partial charge in [0.15, 0.2) is 0 Å². The van der Waals surface area contributed by atoms with Crippen molar-refractivity contribution in [2.75, 3.05) is 0 Å². The number of hydrogen-bond donors (Lipinski definition) is 0. The van der Waals surface area contributed by atoms with E-state index in [2.05, 4.69) is 27.4 Å². The van der Waals surface area contributed by atoms with Gasteiger partial charge < -0.3 is 4.74 Å². The number of ether oxygens (including phenoxy) is 1. The summed E-state index contributed by atoms with van der Waals surface area (Å²) in [5.74, 6) is -0.299. The SMILES string of the molecule is C=CC(=O)OC1(C)CCCCCC1(C)C. The van der Waals surface area contributed by atoms with Gasteiger partial charge in [0.1, 0.15) is 5.60 Å². The Kier molecular flexibility index (Phi) is 3.58. The highest BCUT2D eigenvalue weighted by Crippen LogP contribution is 2.44. The minimum absolute atomic E-state index is 0.0577. The molecule has 0 spiro atoms. The minimum atomic E-state index is -0.339. The van der Waals surface area contributed by atoms with Gasteiger partial charge >= 0.3 is 5.97 Å². The lowest BCUT2D eigenvalue weighted by atomic mass is 9.72. The van der Waals surface area contributed by atoms with Gasteiger partial charge in [0.2, 0.25) is 0 Å². The maximum atomic E-state index is 11.3. The van der Waals surface area contributed by atoms with Crippen molar-refractivity contribution in [2.45, 2.75) is 58.5 Å². The maximum absolute atomic E-state index is 11.3. The zero-order valence-electron chi connectivity index (χ0n) is 10.1. The van der Waals surface area contributed by atoms with E-state index in [-0.39, 0.29) is 17.0 Å². The first kappa shape index (κ1) is 12.3. The maximum Gasteiger partial charge on any atom is 0.330 e. The molecule has 1 rings (SSSR count). The molecule has 1 saturated carbocycles. The van der Waals surface area contributed by atoms with Crippen molar-refractivity contribution in [3.8, 4) is 0 Å². The van der Waals surface area contributed by atoms with Crippen molar-refractivity contribution in [1.29, 1.82) is 0 Å². The highest BCUT2D eigenvalue weighted by molar-refractivity contribution is 5.81. The molecule has 1 fully saturated rings. The molecule has 2 nitrogen and oxygen atoms in total. The molecule has 0 amide bonds. The summed E-state index contributed by atoms with van der Waals surface area (Å²) in [5.41, 5.74) is -0.281. The van der Waals surface area contributed by atoms with Gasteiger partial charge in [-0.25, -0.2) is 4.79 Å². The number of hydrogen-bond acceptors (Lipinski definition) is 2. The molecule has 0 aromatic rings. The Morgan fingerprint density at radius 2 is 1.80 bits per heavy atom. The molecular formula is C13H22O2. The highest BCUT2D eigenvalue weighted by atomic mass is 16.6. The number of esters is 1. The molecule has 0 aromatic heterocycles. The standard InChI is InChI=1S/C13H22O2/c1-5-11(14)15-13(4)10-8-6-7-9-12(13,2)3/h5H,1,6-10H2,2-4H3. The quantitative estimate of drug-likeness (QED) is 0.396. The average molecular weight is 210 g/mol. The van der Waals surface area contributed by atoms with Crippen molar-refractivity contribution in [1.82, 2.24) is 0 Å². The van der Waals surface area contributed by atoms with Crippen LogP contribution < -0.4 is 0 Å². The molecule has 0 bridgehead atoms. The molecule has 1 aliphatic rings. The Hall–Kier alpha value is -0.790. The lowest BCUT2D eigenvalue weighted by Crippen LogP contribution is -2.44. The second-order valence-electron chi connectivity index (χ2n) is 5.30. The third-order valence-electron chi connectivity index (χ3n) is 3.88. The van der Waals surface area contributed by atoms with Gasteiger partial charge in [-0.15, -0.1) is 0 Å². The van der Waals surface area contributed by atoms with Crippen LogP contribution in [-0.2, 0) is 9.53 Å². The van der Waals surface area contributed by atoms with E-state index in [1.807, 2.05) is 0 Å². The van der Waals surface area contributed by atoms with Crippen LogP contribution in [0, 0.1) is 5.41 Å². The Balaban J connectivity index is 2.84. The van der Waals surface area contributed by atoms with Crippen molar-refractivity contribution in [3.05, 3.63) is 12.7 Å². The molecule has 1 atom stereocenters. The number of carbonyl (C=O) groups is 1. The number of rotatable bonds is 2. The Morgan fingerprint density at radius 3 is 2.40 bits per heavy atom. The molecule has 2 heteroatoms. The highest BCUT2D eigenvalue weighted by Gasteiger charge is 2.44. The summed E-state index contributed by atoms with van der Waals surface area (Å²) >= 11 is 0. The fourth-order valence-corrected chi connectivity index (χ4v) is 2.26. The molecule has 1 aliphatic carbocycles. The first-order chi connectivity index (χ1) is 6.91. The van der Waals surface area contributed by atoms with Crippen molar-refractivity contribution >= 4 is 5.97 Å². The van der Waals surface area contributed by atoms with Crippen molar-refractivity contribution in [3.63, 3.8) is 0 Å².